The first kappa shape index (κ1) is 36.3. The molecule has 0 aliphatic heterocycles. The highest BCUT2D eigenvalue weighted by Crippen LogP contribution is 2.36. The zero-order valence-electron chi connectivity index (χ0n) is 28.9. The second kappa shape index (κ2) is 16.7. The van der Waals surface area contributed by atoms with Crippen LogP contribution in [0.15, 0.2) is 127 Å². The summed E-state index contributed by atoms with van der Waals surface area (Å²) in [6.45, 7) is -0.0412. The Labute approximate surface area is 324 Å². The van der Waals surface area contributed by atoms with Crippen molar-refractivity contribution < 1.29 is 19.7 Å². The minimum absolute atomic E-state index is 0.0206. The fraction of sp³-hybridized carbons (Fsp3) is 0.0682. The van der Waals surface area contributed by atoms with Gasteiger partial charge in [-0.1, -0.05) is 66.4 Å². The number of thiophene rings is 2. The Morgan fingerprint density at radius 2 is 1.33 bits per heavy atom. The molecule has 0 unspecified atom stereocenters. The number of aliphatic hydroxyl groups excluding tert-OH is 2. The number of hydrogen-bond acceptors (Lipinski definition) is 10. The smallest absolute Gasteiger partial charge is 0.351 e. The molecule has 0 saturated carbocycles. The third kappa shape index (κ3) is 8.09. The van der Waals surface area contributed by atoms with Crippen LogP contribution in [-0.2, 0) is 22.7 Å². The molecule has 0 amide bonds. The molecule has 0 saturated heterocycles. The van der Waals surface area contributed by atoms with Crippen molar-refractivity contribution in [2.45, 2.75) is 13.2 Å². The lowest BCUT2D eigenvalue weighted by molar-refractivity contribution is -0.133. The summed E-state index contributed by atoms with van der Waals surface area (Å²) in [7, 11) is 1.25. The molecule has 0 fully saturated rings. The van der Waals surface area contributed by atoms with E-state index in [0.29, 0.717) is 10.4 Å². The molecule has 7 aromatic rings. The molecule has 3 heterocycles. The van der Waals surface area contributed by atoms with E-state index in [1.54, 1.807) is 22.7 Å². The number of esters is 1. The number of rotatable bonds is 9. The van der Waals surface area contributed by atoms with Crippen LogP contribution in [0, 0.1) is 23.2 Å². The van der Waals surface area contributed by atoms with Gasteiger partial charge in [0.05, 0.1) is 35.4 Å². The van der Waals surface area contributed by atoms with Crippen molar-refractivity contribution in [2.75, 3.05) is 12.0 Å². The molecule has 2 N–H and O–H groups in total. The Morgan fingerprint density at radius 3 is 1.93 bits per heavy atom. The van der Waals surface area contributed by atoms with Gasteiger partial charge in [0.15, 0.2) is 5.57 Å². The lowest BCUT2D eigenvalue weighted by Crippen LogP contribution is -2.13. The number of ether oxygens (including phenoxy) is 1. The first-order valence-corrected chi connectivity index (χ1v) is 19.2. The van der Waals surface area contributed by atoms with Gasteiger partial charge >= 0.3 is 5.97 Å². The maximum absolute atomic E-state index is 12.3. The average Bonchev–Trinajstić information content (AvgIpc) is 4.00. The number of thiazole rings is 1. The molecule has 54 heavy (non-hydrogen) atoms. The highest BCUT2D eigenvalue weighted by atomic mass is 32.1. The summed E-state index contributed by atoms with van der Waals surface area (Å²) in [6, 6.07) is 43.6. The zero-order valence-corrected chi connectivity index (χ0v) is 31.3. The van der Waals surface area contributed by atoms with E-state index in [1.165, 1.54) is 18.4 Å². The van der Waals surface area contributed by atoms with Crippen LogP contribution in [0.5, 0.6) is 0 Å². The van der Waals surface area contributed by atoms with Gasteiger partial charge in [0.2, 0.25) is 0 Å². The second-order valence-corrected chi connectivity index (χ2v) is 15.1. The Morgan fingerprint density at radius 1 is 0.741 bits per heavy atom. The molecule has 3 aromatic heterocycles. The Balaban J connectivity index is 1.13. The molecule has 7 rings (SSSR count). The molecule has 264 valence electrons. The molecule has 0 atom stereocenters. The maximum atomic E-state index is 12.3. The molecule has 0 bridgehead atoms. The van der Waals surface area contributed by atoms with Crippen molar-refractivity contribution in [1.29, 1.82) is 5.26 Å². The van der Waals surface area contributed by atoms with Gasteiger partial charge in [-0.15, -0.1) is 34.0 Å². The van der Waals surface area contributed by atoms with Crippen LogP contribution in [0.4, 0.5) is 17.1 Å². The van der Waals surface area contributed by atoms with Crippen molar-refractivity contribution >= 4 is 68.7 Å². The number of methoxy groups -OCH3 is 1. The van der Waals surface area contributed by atoms with Gasteiger partial charge in [0.1, 0.15) is 10.7 Å². The molecule has 0 radical (unpaired) electrons. The van der Waals surface area contributed by atoms with Crippen LogP contribution < -0.4 is 14.1 Å². The van der Waals surface area contributed by atoms with E-state index in [1.807, 2.05) is 121 Å². The minimum Gasteiger partial charge on any atom is -0.465 e. The topological polar surface area (TPSA) is 107 Å². The fourth-order valence-electron chi connectivity index (χ4n) is 5.63. The number of benzene rings is 4. The van der Waals surface area contributed by atoms with Crippen molar-refractivity contribution in [1.82, 2.24) is 4.98 Å². The lowest BCUT2D eigenvalue weighted by atomic mass is 10.1. The Bertz CT molecular complexity index is 2600. The minimum atomic E-state index is -0.709. The predicted octanol–water partition coefficient (Wildman–Crippen LogP) is 8.13. The average molecular weight is 762 g/mol. The maximum Gasteiger partial charge on any atom is 0.351 e. The molecule has 4 aromatic carbocycles. The standard InChI is InChI=1S/C44H31N3O4S3/c1-51-44(50)38(26-45)43-46-42(32-5-3-2-4-6-32)41(54-43)25-37-22-24-40(53-37)39-23-21-36(52-39)20-13-29-7-14-33(15-8-29)47(34-16-9-30(27-48)10-17-34)35-18-11-31(28-49)12-19-35/h2-12,14-19,21-25,48-49H,27-28H2,1H3/b41-25?,43-38-. The summed E-state index contributed by atoms with van der Waals surface area (Å²) in [4.78, 5) is 23.2. The largest absolute Gasteiger partial charge is 0.465 e. The number of nitriles is 1. The predicted molar refractivity (Wildman–Crippen MR) is 218 cm³/mol. The summed E-state index contributed by atoms with van der Waals surface area (Å²) in [5, 5.41) is 28.7. The Kier molecular flexibility index (Phi) is 11.2. The molecular formula is C44H31N3O4S3. The quantitative estimate of drug-likeness (QED) is 0.113. The van der Waals surface area contributed by atoms with Gasteiger partial charge in [0, 0.05) is 42.8 Å². The highest BCUT2D eigenvalue weighted by molar-refractivity contribution is 7.22. The number of carbonyl (C=O) groups excluding carboxylic acids is 1. The van der Waals surface area contributed by atoms with E-state index < -0.39 is 5.97 Å². The third-order valence-corrected chi connectivity index (χ3v) is 11.6. The first-order valence-electron chi connectivity index (χ1n) is 16.7. The van der Waals surface area contributed by atoms with Crippen LogP contribution >= 0.6 is 34.0 Å². The van der Waals surface area contributed by atoms with E-state index in [0.717, 1.165) is 63.4 Å². The number of hydrogen-bond donors (Lipinski definition) is 2. The molecule has 0 spiro atoms. The van der Waals surface area contributed by atoms with Gasteiger partial charge in [-0.3, -0.25) is 0 Å². The van der Waals surface area contributed by atoms with E-state index >= 15 is 0 Å². The van der Waals surface area contributed by atoms with Gasteiger partial charge in [-0.05, 0) is 90.0 Å². The number of aliphatic hydroxyl groups is 2. The summed E-state index contributed by atoms with van der Waals surface area (Å²) < 4.78 is 5.98. The number of aromatic nitrogens is 1. The van der Waals surface area contributed by atoms with Crippen molar-refractivity contribution in [3.8, 4) is 38.9 Å². The van der Waals surface area contributed by atoms with Crippen LogP contribution in [0.1, 0.15) is 26.4 Å². The summed E-state index contributed by atoms with van der Waals surface area (Å²) in [5.41, 5.74) is 6.88. The van der Waals surface area contributed by atoms with E-state index in [-0.39, 0.29) is 18.8 Å². The van der Waals surface area contributed by atoms with E-state index in [9.17, 15) is 20.3 Å². The van der Waals surface area contributed by atoms with E-state index in [4.69, 9.17) is 4.74 Å². The van der Waals surface area contributed by atoms with Crippen molar-refractivity contribution in [3.05, 3.63) is 163 Å². The zero-order chi connectivity index (χ0) is 37.4. The van der Waals surface area contributed by atoms with Gasteiger partial charge in [-0.25, -0.2) is 9.78 Å². The Hall–Kier alpha value is -6.11. The lowest BCUT2D eigenvalue weighted by Gasteiger charge is -2.26. The van der Waals surface area contributed by atoms with Gasteiger partial charge < -0.3 is 19.8 Å². The molecule has 10 heteroatoms. The summed E-state index contributed by atoms with van der Waals surface area (Å²) >= 11 is 4.56. The molecule has 7 nitrogen and oxygen atoms in total. The summed E-state index contributed by atoms with van der Waals surface area (Å²) in [6.07, 6.45) is 2.04. The summed E-state index contributed by atoms with van der Waals surface area (Å²) in [5.74, 6) is 5.93. The number of carbonyl (C=O) groups is 1. The third-order valence-electron chi connectivity index (χ3n) is 8.37. The van der Waals surface area contributed by atoms with Crippen molar-refractivity contribution in [3.63, 3.8) is 0 Å². The van der Waals surface area contributed by atoms with Gasteiger partial charge in [0.25, 0.3) is 0 Å². The van der Waals surface area contributed by atoms with Crippen LogP contribution in [0.3, 0.4) is 0 Å². The normalized spacial score (nSPS) is 11.7. The van der Waals surface area contributed by atoms with Crippen LogP contribution in [0.2, 0.25) is 0 Å². The van der Waals surface area contributed by atoms with Crippen molar-refractivity contribution in [2.24, 2.45) is 0 Å². The highest BCUT2D eigenvalue weighted by Gasteiger charge is 2.16. The first-order chi connectivity index (χ1) is 26.5. The fourth-order valence-corrected chi connectivity index (χ4v) is 8.63. The number of nitrogens with zero attached hydrogens (tertiary/aromatic N) is 3. The number of anilines is 3. The van der Waals surface area contributed by atoms with Crippen LogP contribution in [0.25, 0.3) is 32.7 Å². The molecular weight excluding hydrogens is 731 g/mol. The molecule has 0 aliphatic carbocycles. The monoisotopic (exact) mass is 761 g/mol. The SMILES string of the molecule is COC(=O)/C(C#N)=c1/nc(-c2ccccc2)c(=Cc2ccc(-c3ccc(C#Cc4ccc(N(c5ccc(CO)cc5)c5ccc(CO)cc5)cc4)s3)s2)s1. The van der Waals surface area contributed by atoms with E-state index in [2.05, 4.69) is 39.9 Å². The molecule has 0 aliphatic rings. The van der Waals surface area contributed by atoms with Gasteiger partial charge in [-0.2, -0.15) is 5.26 Å². The van der Waals surface area contributed by atoms with Crippen LogP contribution in [-0.4, -0.2) is 28.3 Å². The second-order valence-electron chi connectivity index (χ2n) is 11.9.